The van der Waals surface area contributed by atoms with Crippen LogP contribution in [0.5, 0.6) is 5.75 Å². The fourth-order valence-electron chi connectivity index (χ4n) is 2.92. The van der Waals surface area contributed by atoms with Crippen LogP contribution in [-0.2, 0) is 17.8 Å². The van der Waals surface area contributed by atoms with Crippen LogP contribution >= 0.6 is 24.0 Å². The van der Waals surface area contributed by atoms with Gasteiger partial charge in [-0.05, 0) is 24.6 Å². The fraction of sp³-hybridized carbons (Fsp3) is 0.381. The molecular weight excluding hydrogens is 472 g/mol. The van der Waals surface area contributed by atoms with Crippen molar-refractivity contribution >= 4 is 29.9 Å². The van der Waals surface area contributed by atoms with E-state index in [0.29, 0.717) is 31.2 Å². The zero-order valence-electron chi connectivity index (χ0n) is 16.2. The first kappa shape index (κ1) is 22.4. The number of nitrogens with zero attached hydrogens (tertiary/aromatic N) is 1. The van der Waals surface area contributed by atoms with Gasteiger partial charge in [-0.15, -0.1) is 24.0 Å². The smallest absolute Gasteiger partial charge is 0.191 e. The van der Waals surface area contributed by atoms with E-state index in [1.54, 1.807) is 19.2 Å². The molecule has 0 saturated carbocycles. The highest BCUT2D eigenvalue weighted by atomic mass is 127. The quantitative estimate of drug-likeness (QED) is 0.361. The maximum Gasteiger partial charge on any atom is 0.191 e. The Bertz CT molecular complexity index is 795. The number of aliphatic imine (C=N–C) groups is 1. The summed E-state index contributed by atoms with van der Waals surface area (Å²) in [5.74, 6) is 1.24. The van der Waals surface area contributed by atoms with Crippen LogP contribution in [0.15, 0.2) is 47.5 Å². The minimum atomic E-state index is -0.228. The van der Waals surface area contributed by atoms with Gasteiger partial charge in [0.1, 0.15) is 17.7 Å². The van der Waals surface area contributed by atoms with Gasteiger partial charge in [-0.2, -0.15) is 0 Å². The van der Waals surface area contributed by atoms with Crippen molar-refractivity contribution in [3.05, 3.63) is 65.0 Å². The van der Waals surface area contributed by atoms with Gasteiger partial charge >= 0.3 is 0 Å². The number of rotatable bonds is 6. The number of nitrogens with one attached hydrogen (secondary N) is 2. The number of ether oxygens (including phenoxy) is 2. The average molecular weight is 499 g/mol. The molecule has 1 fully saturated rings. The molecule has 3 rings (SSSR count). The van der Waals surface area contributed by atoms with E-state index in [2.05, 4.69) is 27.8 Å². The van der Waals surface area contributed by atoms with Crippen molar-refractivity contribution in [2.24, 2.45) is 4.99 Å². The number of guanidine groups is 1. The third-order valence-corrected chi connectivity index (χ3v) is 4.48. The van der Waals surface area contributed by atoms with Gasteiger partial charge in [-0.25, -0.2) is 4.39 Å². The Balaban J connectivity index is 0.00000280. The van der Waals surface area contributed by atoms with Crippen molar-refractivity contribution in [3.63, 3.8) is 0 Å². The van der Waals surface area contributed by atoms with E-state index in [4.69, 9.17) is 9.47 Å². The summed E-state index contributed by atoms with van der Waals surface area (Å²) in [6, 6.07) is 12.9. The van der Waals surface area contributed by atoms with E-state index < -0.39 is 0 Å². The van der Waals surface area contributed by atoms with E-state index in [-0.39, 0.29) is 35.9 Å². The summed E-state index contributed by atoms with van der Waals surface area (Å²) in [5.41, 5.74) is 2.79. The molecule has 7 heteroatoms. The minimum absolute atomic E-state index is 0. The Kier molecular flexibility index (Phi) is 8.98. The zero-order valence-corrected chi connectivity index (χ0v) is 18.5. The molecule has 1 heterocycles. The van der Waals surface area contributed by atoms with Gasteiger partial charge in [0.25, 0.3) is 0 Å². The van der Waals surface area contributed by atoms with Crippen molar-refractivity contribution in [2.75, 3.05) is 20.3 Å². The molecule has 1 aliphatic heterocycles. The first-order valence-corrected chi connectivity index (χ1v) is 9.17. The lowest BCUT2D eigenvalue weighted by atomic mass is 10.1. The Hall–Kier alpha value is -1.87. The Morgan fingerprint density at radius 1 is 1.18 bits per heavy atom. The normalized spacial score (nSPS) is 16.4. The Morgan fingerprint density at radius 3 is 2.61 bits per heavy atom. The molecule has 5 nitrogen and oxygen atoms in total. The van der Waals surface area contributed by atoms with E-state index in [1.807, 2.05) is 19.1 Å². The molecule has 0 radical (unpaired) electrons. The minimum Gasteiger partial charge on any atom is -0.488 e. The van der Waals surface area contributed by atoms with E-state index in [1.165, 1.54) is 6.07 Å². The van der Waals surface area contributed by atoms with Crippen molar-refractivity contribution in [1.82, 2.24) is 10.6 Å². The zero-order chi connectivity index (χ0) is 19.1. The number of hydrogen-bond donors (Lipinski definition) is 2. The highest BCUT2D eigenvalue weighted by molar-refractivity contribution is 14.0. The maximum atomic E-state index is 13.8. The summed E-state index contributed by atoms with van der Waals surface area (Å²) in [6.07, 6.45) is 1.01. The lowest BCUT2D eigenvalue weighted by Gasteiger charge is -2.18. The molecule has 0 spiro atoms. The summed E-state index contributed by atoms with van der Waals surface area (Å²) >= 11 is 0. The first-order valence-electron chi connectivity index (χ1n) is 9.17. The highest BCUT2D eigenvalue weighted by Crippen LogP contribution is 2.23. The van der Waals surface area contributed by atoms with E-state index in [0.717, 1.165) is 29.9 Å². The lowest BCUT2D eigenvalue weighted by molar-refractivity contribution is 0.140. The van der Waals surface area contributed by atoms with Gasteiger partial charge in [-0.3, -0.25) is 4.99 Å². The molecule has 28 heavy (non-hydrogen) atoms. The third-order valence-electron chi connectivity index (χ3n) is 4.48. The summed E-state index contributed by atoms with van der Waals surface area (Å²) in [4.78, 5) is 4.21. The topological polar surface area (TPSA) is 54.9 Å². The SMILES string of the molecule is CN=C(NCc1ccccc1F)NCc1ccc(C)cc1OC1CCOC1.I. The molecule has 0 aliphatic carbocycles. The van der Waals surface area contributed by atoms with Crippen molar-refractivity contribution < 1.29 is 13.9 Å². The molecule has 2 aromatic rings. The summed E-state index contributed by atoms with van der Waals surface area (Å²) < 4.78 is 25.3. The third kappa shape index (κ3) is 6.34. The molecule has 152 valence electrons. The second kappa shape index (κ2) is 11.2. The van der Waals surface area contributed by atoms with Crippen LogP contribution in [-0.4, -0.2) is 32.3 Å². The van der Waals surface area contributed by atoms with Crippen LogP contribution in [0.4, 0.5) is 4.39 Å². The molecule has 1 unspecified atom stereocenters. The van der Waals surface area contributed by atoms with Crippen LogP contribution < -0.4 is 15.4 Å². The summed E-state index contributed by atoms with van der Waals surface area (Å²) in [5, 5.41) is 6.40. The van der Waals surface area contributed by atoms with Crippen LogP contribution in [0.25, 0.3) is 0 Å². The molecule has 1 aliphatic rings. The van der Waals surface area contributed by atoms with E-state index in [9.17, 15) is 4.39 Å². The Labute approximate surface area is 182 Å². The van der Waals surface area contributed by atoms with Crippen molar-refractivity contribution in [1.29, 1.82) is 0 Å². The molecule has 0 bridgehead atoms. The van der Waals surface area contributed by atoms with Crippen molar-refractivity contribution in [3.8, 4) is 5.75 Å². The number of aryl methyl sites for hydroxylation is 1. The van der Waals surface area contributed by atoms with Gasteiger partial charge in [0.15, 0.2) is 5.96 Å². The second-order valence-corrected chi connectivity index (χ2v) is 6.59. The monoisotopic (exact) mass is 499 g/mol. The summed E-state index contributed by atoms with van der Waals surface area (Å²) in [6.45, 7) is 4.34. The largest absolute Gasteiger partial charge is 0.488 e. The predicted molar refractivity (Wildman–Crippen MR) is 120 cm³/mol. The van der Waals surface area contributed by atoms with Gasteiger partial charge in [0.2, 0.25) is 0 Å². The second-order valence-electron chi connectivity index (χ2n) is 6.59. The number of halogens is 2. The van der Waals surface area contributed by atoms with Gasteiger partial charge in [0, 0.05) is 37.7 Å². The van der Waals surface area contributed by atoms with Crippen LogP contribution in [0.2, 0.25) is 0 Å². The first-order chi connectivity index (χ1) is 13.2. The number of benzene rings is 2. The van der Waals surface area contributed by atoms with E-state index >= 15 is 0 Å². The van der Waals surface area contributed by atoms with Crippen molar-refractivity contribution in [2.45, 2.75) is 32.5 Å². The molecule has 2 N–H and O–H groups in total. The fourth-order valence-corrected chi connectivity index (χ4v) is 2.92. The molecule has 0 aromatic heterocycles. The predicted octanol–water partition coefficient (Wildman–Crippen LogP) is 3.79. The van der Waals surface area contributed by atoms with Gasteiger partial charge < -0.3 is 20.1 Å². The van der Waals surface area contributed by atoms with Crippen LogP contribution in [0.1, 0.15) is 23.1 Å². The van der Waals surface area contributed by atoms with Gasteiger partial charge in [-0.1, -0.05) is 30.3 Å². The van der Waals surface area contributed by atoms with Gasteiger partial charge in [0.05, 0.1) is 13.2 Å². The molecule has 1 atom stereocenters. The molecule has 0 amide bonds. The summed E-state index contributed by atoms with van der Waals surface area (Å²) in [7, 11) is 1.69. The van der Waals surface area contributed by atoms with Crippen LogP contribution in [0, 0.1) is 12.7 Å². The Morgan fingerprint density at radius 2 is 1.93 bits per heavy atom. The highest BCUT2D eigenvalue weighted by Gasteiger charge is 2.18. The number of hydrogen-bond acceptors (Lipinski definition) is 3. The average Bonchev–Trinajstić information content (AvgIpc) is 3.17. The molecular formula is C21H27FIN3O2. The standard InChI is InChI=1S/C21H26FN3O2.HI/c1-15-7-8-17(20(11-15)27-18-9-10-26-14-18)13-25-21(23-2)24-12-16-5-3-4-6-19(16)22;/h3-8,11,18H,9-10,12-14H2,1-2H3,(H2,23,24,25);1H. The molecule has 1 saturated heterocycles. The maximum absolute atomic E-state index is 13.8. The van der Waals surface area contributed by atoms with Crippen LogP contribution in [0.3, 0.4) is 0 Å². The lowest BCUT2D eigenvalue weighted by Crippen LogP contribution is -2.36. The molecule has 2 aromatic carbocycles.